The number of nitro groups is 1. The molecule has 0 fully saturated rings. The summed E-state index contributed by atoms with van der Waals surface area (Å²) >= 11 is 3.29. The predicted octanol–water partition coefficient (Wildman–Crippen LogP) is 2.32. The number of halogens is 1. The molecule has 6 nitrogen and oxygen atoms in total. The molecule has 0 radical (unpaired) electrons. The van der Waals surface area contributed by atoms with Crippen molar-refractivity contribution in [1.82, 2.24) is 14.9 Å². The van der Waals surface area contributed by atoms with Gasteiger partial charge in [0.2, 0.25) is 0 Å². The molecule has 0 atom stereocenters. The maximum Gasteiger partial charge on any atom is 0.283 e. The van der Waals surface area contributed by atoms with E-state index in [9.17, 15) is 10.1 Å². The van der Waals surface area contributed by atoms with Crippen molar-refractivity contribution in [2.24, 2.45) is 0 Å². The number of nitrogens with one attached hydrogen (secondary N) is 1. The Morgan fingerprint density at radius 2 is 2.32 bits per heavy atom. The van der Waals surface area contributed by atoms with Crippen LogP contribution in [0.3, 0.4) is 0 Å². The first-order valence-corrected chi connectivity index (χ1v) is 6.48. The number of nitrogens with zero attached hydrogens (tertiary/aromatic N) is 3. The Hall–Kier alpha value is -1.73. The lowest BCUT2D eigenvalue weighted by Gasteiger charge is -2.05. The number of benzene rings is 1. The van der Waals surface area contributed by atoms with Gasteiger partial charge in [-0.05, 0) is 28.5 Å². The molecule has 2 aromatic rings. The van der Waals surface area contributed by atoms with Crippen molar-refractivity contribution < 1.29 is 4.92 Å². The number of hydrogen-bond donors (Lipinski definition) is 1. The highest BCUT2D eigenvalue weighted by molar-refractivity contribution is 9.10. The van der Waals surface area contributed by atoms with E-state index in [1.807, 2.05) is 23.9 Å². The number of rotatable bonds is 5. The maximum atomic E-state index is 10.9. The molecule has 1 aromatic carbocycles. The second-order valence-corrected chi connectivity index (χ2v) is 4.87. The second-order valence-electron chi connectivity index (χ2n) is 4.08. The molecule has 0 aliphatic rings. The maximum absolute atomic E-state index is 10.9. The Balaban J connectivity index is 2.23. The van der Waals surface area contributed by atoms with E-state index in [1.54, 1.807) is 12.4 Å². The van der Waals surface area contributed by atoms with Crippen molar-refractivity contribution in [3.05, 3.63) is 56.6 Å². The van der Waals surface area contributed by atoms with Gasteiger partial charge in [0.25, 0.3) is 5.69 Å². The van der Waals surface area contributed by atoms with Crippen LogP contribution >= 0.6 is 15.9 Å². The average Bonchev–Trinajstić information content (AvgIpc) is 2.79. The van der Waals surface area contributed by atoms with Crippen LogP contribution in [0, 0.1) is 10.1 Å². The average molecular weight is 325 g/mol. The van der Waals surface area contributed by atoms with E-state index in [2.05, 4.69) is 26.2 Å². The van der Waals surface area contributed by atoms with Crippen LogP contribution < -0.4 is 5.32 Å². The van der Waals surface area contributed by atoms with E-state index in [0.29, 0.717) is 17.6 Å². The molecule has 0 aliphatic carbocycles. The van der Waals surface area contributed by atoms with Crippen LogP contribution in [0.1, 0.15) is 11.3 Å². The highest BCUT2D eigenvalue weighted by atomic mass is 79.9. The van der Waals surface area contributed by atoms with Crippen molar-refractivity contribution in [2.75, 3.05) is 7.05 Å². The summed E-state index contributed by atoms with van der Waals surface area (Å²) in [5.74, 6) is 0. The quantitative estimate of drug-likeness (QED) is 0.676. The molecular formula is C12H13BrN4O2. The summed E-state index contributed by atoms with van der Waals surface area (Å²) in [5.41, 5.74) is 1.86. The zero-order chi connectivity index (χ0) is 13.8. The molecule has 1 heterocycles. The lowest BCUT2D eigenvalue weighted by molar-refractivity contribution is -0.385. The molecular weight excluding hydrogens is 312 g/mol. The summed E-state index contributed by atoms with van der Waals surface area (Å²) in [5, 5.41) is 13.9. The van der Waals surface area contributed by atoms with Crippen molar-refractivity contribution in [1.29, 1.82) is 0 Å². The summed E-state index contributed by atoms with van der Waals surface area (Å²) in [7, 11) is 1.86. The summed E-state index contributed by atoms with van der Waals surface area (Å²) in [6, 6.07) is 5.02. The molecule has 19 heavy (non-hydrogen) atoms. The first-order valence-electron chi connectivity index (χ1n) is 5.69. The SMILES string of the molecule is CNCc1cn(Cc2cccc([N+](=O)[O-])c2Br)cn1. The minimum atomic E-state index is -0.395. The molecule has 0 amide bonds. The first kappa shape index (κ1) is 13.7. The molecule has 7 heteroatoms. The van der Waals surface area contributed by atoms with Gasteiger partial charge in [-0.2, -0.15) is 0 Å². The zero-order valence-electron chi connectivity index (χ0n) is 10.3. The largest absolute Gasteiger partial charge is 0.333 e. The normalized spacial score (nSPS) is 10.6. The van der Waals surface area contributed by atoms with Gasteiger partial charge >= 0.3 is 0 Å². The molecule has 0 spiro atoms. The lowest BCUT2D eigenvalue weighted by atomic mass is 10.2. The fraction of sp³-hybridized carbons (Fsp3) is 0.250. The summed E-state index contributed by atoms with van der Waals surface area (Å²) in [6.07, 6.45) is 3.64. The van der Waals surface area contributed by atoms with Crippen molar-refractivity contribution in [2.45, 2.75) is 13.1 Å². The third-order valence-corrected chi connectivity index (χ3v) is 3.57. The molecule has 0 bridgehead atoms. The second kappa shape index (κ2) is 5.94. The molecule has 1 aromatic heterocycles. The summed E-state index contributed by atoms with van der Waals surface area (Å²) < 4.78 is 2.42. The van der Waals surface area contributed by atoms with Gasteiger partial charge in [0, 0.05) is 25.4 Å². The van der Waals surface area contributed by atoms with Gasteiger partial charge in [-0.25, -0.2) is 4.98 Å². The minimum Gasteiger partial charge on any atom is -0.333 e. The third-order valence-electron chi connectivity index (χ3n) is 2.65. The van der Waals surface area contributed by atoms with Crippen LogP contribution in [0.5, 0.6) is 0 Å². The van der Waals surface area contributed by atoms with Crippen molar-refractivity contribution in [3.63, 3.8) is 0 Å². The van der Waals surface area contributed by atoms with Crippen molar-refractivity contribution >= 4 is 21.6 Å². The highest BCUT2D eigenvalue weighted by Gasteiger charge is 2.14. The molecule has 0 unspecified atom stereocenters. The Kier molecular flexibility index (Phi) is 4.28. The van der Waals surface area contributed by atoms with E-state index in [-0.39, 0.29) is 5.69 Å². The van der Waals surface area contributed by atoms with Crippen LogP contribution in [0.4, 0.5) is 5.69 Å². The predicted molar refractivity (Wildman–Crippen MR) is 74.9 cm³/mol. The highest BCUT2D eigenvalue weighted by Crippen LogP contribution is 2.28. The summed E-state index contributed by atoms with van der Waals surface area (Å²) in [6.45, 7) is 1.24. The van der Waals surface area contributed by atoms with Gasteiger partial charge in [0.1, 0.15) is 4.47 Å². The third kappa shape index (κ3) is 3.18. The van der Waals surface area contributed by atoms with Gasteiger partial charge in [-0.3, -0.25) is 10.1 Å². The molecule has 0 saturated carbocycles. The van der Waals surface area contributed by atoms with E-state index in [0.717, 1.165) is 11.3 Å². The van der Waals surface area contributed by atoms with E-state index < -0.39 is 4.92 Å². The number of imidazole rings is 1. The van der Waals surface area contributed by atoms with Gasteiger partial charge in [0.15, 0.2) is 0 Å². The Labute approximate surface area is 118 Å². The molecule has 1 N–H and O–H groups in total. The van der Waals surface area contributed by atoms with Gasteiger partial charge in [-0.1, -0.05) is 12.1 Å². The molecule has 0 aliphatic heterocycles. The summed E-state index contributed by atoms with van der Waals surface area (Å²) in [4.78, 5) is 14.7. The van der Waals surface area contributed by atoms with Gasteiger partial charge in [-0.15, -0.1) is 0 Å². The first-order chi connectivity index (χ1) is 9.11. The Morgan fingerprint density at radius 1 is 1.53 bits per heavy atom. The van der Waals surface area contributed by atoms with E-state index in [1.165, 1.54) is 6.07 Å². The standard InChI is InChI=1S/C12H13BrN4O2/c1-14-5-10-7-16(8-15-10)6-9-3-2-4-11(12(9)13)17(18)19/h2-4,7-8,14H,5-6H2,1H3. The minimum absolute atomic E-state index is 0.0769. The Bertz CT molecular complexity index is 597. The Morgan fingerprint density at radius 3 is 3.00 bits per heavy atom. The monoisotopic (exact) mass is 324 g/mol. The van der Waals surface area contributed by atoms with E-state index >= 15 is 0 Å². The van der Waals surface area contributed by atoms with Gasteiger partial charge < -0.3 is 9.88 Å². The zero-order valence-corrected chi connectivity index (χ0v) is 11.9. The fourth-order valence-electron chi connectivity index (χ4n) is 1.79. The van der Waals surface area contributed by atoms with Crippen LogP contribution in [0.15, 0.2) is 35.2 Å². The van der Waals surface area contributed by atoms with Crippen LogP contribution in [0.25, 0.3) is 0 Å². The lowest BCUT2D eigenvalue weighted by Crippen LogP contribution is -2.05. The van der Waals surface area contributed by atoms with Crippen LogP contribution in [-0.2, 0) is 13.1 Å². The smallest absolute Gasteiger partial charge is 0.283 e. The molecule has 100 valence electrons. The van der Waals surface area contributed by atoms with Gasteiger partial charge in [0.05, 0.1) is 16.9 Å². The van der Waals surface area contributed by atoms with E-state index in [4.69, 9.17) is 0 Å². The topological polar surface area (TPSA) is 73.0 Å². The van der Waals surface area contributed by atoms with Crippen LogP contribution in [-0.4, -0.2) is 21.5 Å². The van der Waals surface area contributed by atoms with Crippen molar-refractivity contribution in [3.8, 4) is 0 Å². The number of hydrogen-bond acceptors (Lipinski definition) is 4. The molecule has 0 saturated heterocycles. The number of aromatic nitrogens is 2. The fourth-order valence-corrected chi connectivity index (χ4v) is 2.33. The van der Waals surface area contributed by atoms with Crippen LogP contribution in [0.2, 0.25) is 0 Å². The molecule has 2 rings (SSSR count). The number of nitro benzene ring substituents is 1.